The van der Waals surface area contributed by atoms with Gasteiger partial charge in [-0.05, 0) is 55.3 Å². The standard InChI is InChI=1S/C27H30ClN5O3/c28-20-5-3-4-18(14-20)25(17-34)31-9-1-2-12-36-13-11-32-27-22-8-10-30-16-23(22)21-7-6-19(26(29)35)15-24(21)33-27/h3-8,10,14-16,25,31,34H,1-2,9,11-13,17H2,(H2,29,35)(H,32,33). The Hall–Kier alpha value is -3.30. The van der Waals surface area contributed by atoms with Crippen molar-refractivity contribution in [2.24, 2.45) is 5.73 Å². The van der Waals surface area contributed by atoms with Gasteiger partial charge in [0, 0.05) is 52.3 Å². The number of nitrogens with one attached hydrogen (secondary N) is 2. The second kappa shape index (κ2) is 12.6. The number of aromatic nitrogens is 2. The minimum absolute atomic E-state index is 0.0138. The minimum Gasteiger partial charge on any atom is -0.394 e. The zero-order valence-corrected chi connectivity index (χ0v) is 20.7. The van der Waals surface area contributed by atoms with E-state index < -0.39 is 5.91 Å². The van der Waals surface area contributed by atoms with E-state index in [0.717, 1.165) is 41.1 Å². The summed E-state index contributed by atoms with van der Waals surface area (Å²) in [6.07, 6.45) is 5.36. The third-order valence-corrected chi connectivity index (χ3v) is 6.19. The molecule has 9 heteroatoms. The quantitative estimate of drug-likeness (QED) is 0.159. The SMILES string of the molecule is NC(=O)c1ccc2c(c1)nc(NCCOCCCCNC(CO)c1cccc(Cl)c1)c1ccncc12. The molecule has 2 heterocycles. The van der Waals surface area contributed by atoms with Gasteiger partial charge in [-0.25, -0.2) is 4.98 Å². The molecule has 1 atom stereocenters. The highest BCUT2D eigenvalue weighted by Gasteiger charge is 2.11. The van der Waals surface area contributed by atoms with E-state index in [1.807, 2.05) is 36.4 Å². The van der Waals surface area contributed by atoms with Crippen LogP contribution in [-0.4, -0.2) is 53.9 Å². The van der Waals surface area contributed by atoms with Crippen molar-refractivity contribution in [3.8, 4) is 0 Å². The Morgan fingerprint density at radius 3 is 2.75 bits per heavy atom. The maximum Gasteiger partial charge on any atom is 0.248 e. The number of benzene rings is 2. The van der Waals surface area contributed by atoms with Gasteiger partial charge in [0.15, 0.2) is 0 Å². The number of unbranched alkanes of at least 4 members (excludes halogenated alkanes) is 1. The van der Waals surface area contributed by atoms with Gasteiger partial charge in [-0.3, -0.25) is 9.78 Å². The zero-order valence-electron chi connectivity index (χ0n) is 19.9. The molecule has 36 heavy (non-hydrogen) atoms. The molecule has 0 bridgehead atoms. The van der Waals surface area contributed by atoms with Crippen LogP contribution in [0.25, 0.3) is 21.7 Å². The number of halogens is 1. The molecule has 0 radical (unpaired) electrons. The van der Waals surface area contributed by atoms with E-state index in [4.69, 9.17) is 27.1 Å². The Morgan fingerprint density at radius 2 is 1.94 bits per heavy atom. The lowest BCUT2D eigenvalue weighted by atomic mass is 10.1. The minimum atomic E-state index is -0.487. The smallest absolute Gasteiger partial charge is 0.248 e. The molecule has 0 fully saturated rings. The van der Waals surface area contributed by atoms with E-state index in [2.05, 4.69) is 15.6 Å². The molecule has 1 amide bonds. The van der Waals surface area contributed by atoms with Crippen molar-refractivity contribution in [3.05, 3.63) is 77.1 Å². The predicted molar refractivity (Wildman–Crippen MR) is 143 cm³/mol. The number of rotatable bonds is 13. The summed E-state index contributed by atoms with van der Waals surface area (Å²) in [6.45, 7) is 2.55. The fraction of sp³-hybridized carbons (Fsp3) is 0.296. The average Bonchev–Trinajstić information content (AvgIpc) is 2.89. The summed E-state index contributed by atoms with van der Waals surface area (Å²) in [5.41, 5.74) is 7.51. The first kappa shape index (κ1) is 25.8. The number of aliphatic hydroxyl groups excluding tert-OH is 1. The van der Waals surface area contributed by atoms with Gasteiger partial charge in [-0.15, -0.1) is 0 Å². The highest BCUT2D eigenvalue weighted by atomic mass is 35.5. The number of hydrogen-bond donors (Lipinski definition) is 4. The van der Waals surface area contributed by atoms with E-state index in [-0.39, 0.29) is 12.6 Å². The summed E-state index contributed by atoms with van der Waals surface area (Å²) in [5.74, 6) is 0.227. The van der Waals surface area contributed by atoms with Gasteiger partial charge in [0.1, 0.15) is 5.82 Å². The summed E-state index contributed by atoms with van der Waals surface area (Å²) in [5, 5.41) is 19.8. The number of carbonyl (C=O) groups excluding carboxylic acids is 1. The van der Waals surface area contributed by atoms with E-state index in [0.29, 0.717) is 41.7 Å². The Bertz CT molecular complexity index is 1330. The summed E-state index contributed by atoms with van der Waals surface area (Å²) >= 11 is 6.05. The lowest BCUT2D eigenvalue weighted by Gasteiger charge is -2.17. The predicted octanol–water partition coefficient (Wildman–Crippen LogP) is 4.07. The number of ether oxygens (including phenoxy) is 1. The van der Waals surface area contributed by atoms with Gasteiger partial charge in [0.25, 0.3) is 0 Å². The van der Waals surface area contributed by atoms with Crippen LogP contribution in [0.4, 0.5) is 5.82 Å². The molecule has 4 aromatic rings. The summed E-state index contributed by atoms with van der Waals surface area (Å²) < 4.78 is 5.78. The zero-order chi connectivity index (χ0) is 25.3. The molecule has 5 N–H and O–H groups in total. The fourth-order valence-corrected chi connectivity index (χ4v) is 4.30. The monoisotopic (exact) mass is 507 g/mol. The lowest BCUT2D eigenvalue weighted by Crippen LogP contribution is -2.25. The van der Waals surface area contributed by atoms with Crippen LogP contribution >= 0.6 is 11.6 Å². The van der Waals surface area contributed by atoms with Gasteiger partial charge in [0.05, 0.1) is 24.8 Å². The van der Waals surface area contributed by atoms with Crippen LogP contribution in [0.3, 0.4) is 0 Å². The highest BCUT2D eigenvalue weighted by molar-refractivity contribution is 6.30. The van der Waals surface area contributed by atoms with Crippen molar-refractivity contribution in [1.29, 1.82) is 0 Å². The second-order valence-electron chi connectivity index (χ2n) is 8.47. The third-order valence-electron chi connectivity index (χ3n) is 5.96. The molecule has 8 nitrogen and oxygen atoms in total. The molecule has 0 aliphatic rings. The van der Waals surface area contributed by atoms with Crippen molar-refractivity contribution in [2.45, 2.75) is 18.9 Å². The van der Waals surface area contributed by atoms with Gasteiger partial charge in [0.2, 0.25) is 5.91 Å². The number of nitrogens with zero attached hydrogens (tertiary/aromatic N) is 2. The number of primary amides is 1. The van der Waals surface area contributed by atoms with Crippen LogP contribution in [0.5, 0.6) is 0 Å². The van der Waals surface area contributed by atoms with Crippen molar-refractivity contribution < 1.29 is 14.6 Å². The Balaban J connectivity index is 1.23. The number of anilines is 1. The number of nitrogens with two attached hydrogens (primary N) is 1. The van der Waals surface area contributed by atoms with Crippen molar-refractivity contribution >= 4 is 45.0 Å². The molecule has 1 unspecified atom stereocenters. The molecular weight excluding hydrogens is 478 g/mol. The van der Waals surface area contributed by atoms with Gasteiger partial charge >= 0.3 is 0 Å². The topological polar surface area (TPSA) is 122 Å². The average molecular weight is 508 g/mol. The molecule has 0 aliphatic heterocycles. The van der Waals surface area contributed by atoms with Crippen LogP contribution in [0.1, 0.15) is 34.8 Å². The molecule has 2 aromatic carbocycles. The van der Waals surface area contributed by atoms with E-state index in [1.54, 1.807) is 24.5 Å². The van der Waals surface area contributed by atoms with Crippen molar-refractivity contribution in [1.82, 2.24) is 15.3 Å². The van der Waals surface area contributed by atoms with Gasteiger partial charge < -0.3 is 26.2 Å². The Morgan fingerprint density at radius 1 is 1.06 bits per heavy atom. The van der Waals surface area contributed by atoms with Crippen LogP contribution in [0.15, 0.2) is 60.9 Å². The molecule has 4 rings (SSSR count). The first-order valence-corrected chi connectivity index (χ1v) is 12.3. The summed E-state index contributed by atoms with van der Waals surface area (Å²) in [4.78, 5) is 20.6. The van der Waals surface area contributed by atoms with E-state index in [1.165, 1.54) is 0 Å². The molecule has 0 aliphatic carbocycles. The number of amides is 1. The van der Waals surface area contributed by atoms with Crippen LogP contribution in [0.2, 0.25) is 5.02 Å². The molecule has 0 spiro atoms. The summed E-state index contributed by atoms with van der Waals surface area (Å²) in [7, 11) is 0. The van der Waals surface area contributed by atoms with E-state index in [9.17, 15) is 9.90 Å². The molecule has 2 aromatic heterocycles. The van der Waals surface area contributed by atoms with E-state index >= 15 is 0 Å². The number of pyridine rings is 2. The third kappa shape index (κ3) is 6.47. The van der Waals surface area contributed by atoms with Gasteiger partial charge in [-0.2, -0.15) is 0 Å². The molecule has 0 saturated heterocycles. The lowest BCUT2D eigenvalue weighted by molar-refractivity contribution is 0.100. The number of carbonyl (C=O) groups is 1. The van der Waals surface area contributed by atoms with Crippen LogP contribution in [0, 0.1) is 0 Å². The van der Waals surface area contributed by atoms with Crippen molar-refractivity contribution in [2.75, 3.05) is 38.2 Å². The first-order valence-electron chi connectivity index (χ1n) is 12.0. The maximum absolute atomic E-state index is 11.6. The van der Waals surface area contributed by atoms with Crippen LogP contribution in [-0.2, 0) is 4.74 Å². The van der Waals surface area contributed by atoms with Crippen molar-refractivity contribution in [3.63, 3.8) is 0 Å². The maximum atomic E-state index is 11.6. The summed E-state index contributed by atoms with van der Waals surface area (Å²) in [6, 6.07) is 14.6. The van der Waals surface area contributed by atoms with Gasteiger partial charge in [-0.1, -0.05) is 29.8 Å². The first-order chi connectivity index (χ1) is 17.6. The van der Waals surface area contributed by atoms with Crippen LogP contribution < -0.4 is 16.4 Å². The molecule has 0 saturated carbocycles. The Labute approximate surface area is 214 Å². The largest absolute Gasteiger partial charge is 0.394 e. The number of hydrogen-bond acceptors (Lipinski definition) is 7. The Kier molecular flexibility index (Phi) is 9.02. The fourth-order valence-electron chi connectivity index (χ4n) is 4.10. The highest BCUT2D eigenvalue weighted by Crippen LogP contribution is 2.29. The second-order valence-corrected chi connectivity index (χ2v) is 8.90. The normalized spacial score (nSPS) is 12.2. The number of aliphatic hydroxyl groups is 1. The molecular formula is C27H30ClN5O3. The molecule has 188 valence electrons. The number of fused-ring (bicyclic) bond motifs is 3.